The van der Waals surface area contributed by atoms with Crippen molar-refractivity contribution < 1.29 is 28.7 Å². The summed E-state index contributed by atoms with van der Waals surface area (Å²) in [6, 6.07) is 37.3. The highest BCUT2D eigenvalue weighted by atomic mass is 35.5. The van der Waals surface area contributed by atoms with Gasteiger partial charge in [0.1, 0.15) is 11.3 Å². The topological polar surface area (TPSA) is 121 Å². The second-order valence-electron chi connectivity index (χ2n) is 14.7. The second-order valence-corrected chi connectivity index (χ2v) is 15.2. The van der Waals surface area contributed by atoms with Crippen molar-refractivity contribution in [3.8, 4) is 17.2 Å². The number of carbonyl (C=O) groups is 4. The Morgan fingerprint density at radius 2 is 1.49 bits per heavy atom. The molecule has 0 bridgehead atoms. The average molecular weight is 746 g/mol. The predicted molar refractivity (Wildman–Crippen MR) is 206 cm³/mol. The van der Waals surface area contributed by atoms with Crippen molar-refractivity contribution in [2.75, 3.05) is 9.80 Å². The molecule has 2 saturated heterocycles. The number of nitrogens with zero attached hydrogens (tertiary/aromatic N) is 3. The Kier molecular flexibility index (Phi) is 7.48. The second kappa shape index (κ2) is 12.4. The molecule has 6 aromatic rings. The summed E-state index contributed by atoms with van der Waals surface area (Å²) in [7, 11) is 0. The molecule has 1 saturated carbocycles. The Bertz CT molecular complexity index is 2590. The van der Waals surface area contributed by atoms with Gasteiger partial charge in [-0.25, -0.2) is 9.88 Å². The maximum absolute atomic E-state index is 15.3. The molecule has 270 valence electrons. The summed E-state index contributed by atoms with van der Waals surface area (Å²) in [4.78, 5) is 66.3. The smallest absolute Gasteiger partial charge is 0.246 e. The highest BCUT2D eigenvalue weighted by Gasteiger charge is 2.70. The maximum Gasteiger partial charge on any atom is 0.246 e. The minimum atomic E-state index is -1.42. The lowest BCUT2D eigenvalue weighted by Crippen LogP contribution is -2.53. The van der Waals surface area contributed by atoms with Crippen molar-refractivity contribution in [2.24, 2.45) is 23.7 Å². The Labute approximate surface area is 320 Å². The normalized spacial score (nSPS) is 25.9. The minimum Gasteiger partial charge on any atom is -0.508 e. The number of phenols is 1. The van der Waals surface area contributed by atoms with Crippen LogP contribution in [0.1, 0.15) is 29.9 Å². The van der Waals surface area contributed by atoms with Gasteiger partial charge >= 0.3 is 0 Å². The molecule has 2 aliphatic heterocycles. The number of hydrogen-bond acceptors (Lipinski definition) is 7. The highest BCUT2D eigenvalue weighted by molar-refractivity contribution is 6.32. The van der Waals surface area contributed by atoms with E-state index in [1.165, 1.54) is 9.80 Å². The first-order chi connectivity index (χ1) is 26.8. The molecular weight excluding hydrogens is 714 g/mol. The van der Waals surface area contributed by atoms with Crippen molar-refractivity contribution in [3.05, 3.63) is 155 Å². The molecule has 6 atom stereocenters. The van der Waals surface area contributed by atoms with Crippen LogP contribution in [0.2, 0.25) is 5.02 Å². The van der Waals surface area contributed by atoms with Crippen molar-refractivity contribution >= 4 is 57.7 Å². The van der Waals surface area contributed by atoms with E-state index in [0.717, 1.165) is 11.1 Å². The summed E-state index contributed by atoms with van der Waals surface area (Å²) in [5.74, 6) is -4.59. The Balaban J connectivity index is 1.08. The van der Waals surface area contributed by atoms with Crippen LogP contribution in [0.5, 0.6) is 5.75 Å². The quantitative estimate of drug-likeness (QED) is 0.139. The van der Waals surface area contributed by atoms with Gasteiger partial charge in [-0.15, -0.1) is 0 Å². The van der Waals surface area contributed by atoms with E-state index >= 15 is 4.79 Å². The molecule has 3 fully saturated rings. The number of imide groups is 2. The van der Waals surface area contributed by atoms with E-state index in [1.54, 1.807) is 66.7 Å². The van der Waals surface area contributed by atoms with Gasteiger partial charge in [-0.2, -0.15) is 0 Å². The summed E-state index contributed by atoms with van der Waals surface area (Å²) >= 11 is 6.41. The first kappa shape index (κ1) is 33.3. The number of phenolic OH excluding ortho intramolecular Hbond substituents is 1. The molecule has 9 nitrogen and oxygen atoms in total. The van der Waals surface area contributed by atoms with E-state index in [4.69, 9.17) is 16.0 Å². The van der Waals surface area contributed by atoms with Gasteiger partial charge in [-0.05, 0) is 96.6 Å². The van der Waals surface area contributed by atoms with Crippen LogP contribution in [-0.4, -0.2) is 33.7 Å². The number of rotatable bonds is 5. The maximum atomic E-state index is 15.3. The fourth-order valence-corrected chi connectivity index (χ4v) is 10.0. The molecule has 10 heteroatoms. The van der Waals surface area contributed by atoms with Crippen LogP contribution in [0.4, 0.5) is 11.4 Å². The summed E-state index contributed by atoms with van der Waals surface area (Å²) < 4.78 is 5.94. The monoisotopic (exact) mass is 745 g/mol. The summed E-state index contributed by atoms with van der Waals surface area (Å²) in [5, 5.41) is 11.2. The van der Waals surface area contributed by atoms with Gasteiger partial charge in [0.2, 0.25) is 29.5 Å². The third kappa shape index (κ3) is 4.82. The molecule has 0 unspecified atom stereocenters. The van der Waals surface area contributed by atoms with Gasteiger partial charge in [-0.1, -0.05) is 83.9 Å². The molecule has 4 aliphatic rings. The predicted octanol–water partition coefficient (Wildman–Crippen LogP) is 8.22. The van der Waals surface area contributed by atoms with Crippen molar-refractivity contribution in [1.29, 1.82) is 0 Å². The van der Waals surface area contributed by atoms with Crippen LogP contribution in [0, 0.1) is 23.7 Å². The number of aromatic hydroxyl groups is 1. The van der Waals surface area contributed by atoms with Crippen LogP contribution in [0.25, 0.3) is 22.6 Å². The number of amides is 4. The van der Waals surface area contributed by atoms with Crippen molar-refractivity contribution in [2.45, 2.75) is 24.2 Å². The van der Waals surface area contributed by atoms with Crippen LogP contribution >= 0.6 is 11.6 Å². The number of aromatic nitrogens is 1. The van der Waals surface area contributed by atoms with Gasteiger partial charge < -0.3 is 9.52 Å². The Morgan fingerprint density at radius 3 is 2.25 bits per heavy atom. The van der Waals surface area contributed by atoms with Gasteiger partial charge in [-0.3, -0.25) is 24.1 Å². The van der Waals surface area contributed by atoms with Crippen LogP contribution in [0.15, 0.2) is 143 Å². The molecule has 3 heterocycles. The molecule has 55 heavy (non-hydrogen) atoms. The number of allylic oxidation sites excluding steroid dienone is 2. The largest absolute Gasteiger partial charge is 0.508 e. The lowest BCUT2D eigenvalue weighted by atomic mass is 9.49. The zero-order chi connectivity index (χ0) is 37.6. The zero-order valence-corrected chi connectivity index (χ0v) is 30.0. The number of halogens is 1. The standard InChI is InChI=1S/C45H32ClN3O6/c46-28-11-7-12-30(23-28)49-42(52)35-24-34-32(39(26-8-6-13-31(50)22-26)45(35,44(49)54)27-9-2-1-3-10-27)20-21-33-38(34)43(53)48(41(33)51)29-18-16-25(17-19-29)40-47-36-14-4-5-15-37(36)55-40/h1-20,22-23,33-35,38-39,50H,21,24H2/t33-,34+,35-,38-,39-,45+/m0/s1. The summed E-state index contributed by atoms with van der Waals surface area (Å²) in [6.45, 7) is 0. The molecule has 0 spiro atoms. The van der Waals surface area contributed by atoms with Crippen LogP contribution < -0.4 is 9.80 Å². The summed E-state index contributed by atoms with van der Waals surface area (Å²) in [5.41, 5.74) is 3.57. The van der Waals surface area contributed by atoms with E-state index in [-0.39, 0.29) is 30.4 Å². The molecule has 5 aromatic carbocycles. The number of oxazole rings is 1. The molecular formula is C45H32ClN3O6. The fraction of sp³-hybridized carbons (Fsp3) is 0.178. The SMILES string of the molecule is O=C1[C@H]2[C@H](CC=C3[C@H]2C[C@H]2C(=O)N(c4cccc(Cl)c4)C(=O)[C@@]2(c2ccccc2)[C@H]3c2cccc(O)c2)C(=O)N1c1ccc(-c2nc3ccccc3o2)cc1. The van der Waals surface area contributed by atoms with Gasteiger partial charge in [0.05, 0.1) is 34.5 Å². The Hall–Kier alpha value is -6.32. The number of fused-ring (bicyclic) bond motifs is 5. The molecule has 1 N–H and O–H groups in total. The molecule has 4 amide bonds. The Morgan fingerprint density at radius 1 is 0.727 bits per heavy atom. The first-order valence-electron chi connectivity index (χ1n) is 18.3. The van der Waals surface area contributed by atoms with E-state index in [1.807, 2.05) is 66.7 Å². The van der Waals surface area contributed by atoms with Gasteiger partial charge in [0, 0.05) is 16.5 Å². The third-order valence-corrected chi connectivity index (χ3v) is 12.3. The van der Waals surface area contributed by atoms with Crippen molar-refractivity contribution in [1.82, 2.24) is 4.98 Å². The molecule has 2 aliphatic carbocycles. The lowest BCUT2D eigenvalue weighted by molar-refractivity contribution is -0.127. The van der Waals surface area contributed by atoms with Crippen molar-refractivity contribution in [3.63, 3.8) is 0 Å². The number of anilines is 2. The lowest BCUT2D eigenvalue weighted by Gasteiger charge is -2.50. The number of carbonyl (C=O) groups excluding carboxylic acids is 4. The third-order valence-electron chi connectivity index (χ3n) is 12.0. The van der Waals surface area contributed by atoms with E-state index in [9.17, 15) is 19.5 Å². The van der Waals surface area contributed by atoms with Crippen LogP contribution in [-0.2, 0) is 24.6 Å². The molecule has 1 aromatic heterocycles. The van der Waals surface area contributed by atoms with Crippen LogP contribution in [0.3, 0.4) is 0 Å². The van der Waals surface area contributed by atoms with Gasteiger partial charge in [0.15, 0.2) is 5.58 Å². The van der Waals surface area contributed by atoms with E-state index in [0.29, 0.717) is 44.6 Å². The number of hydrogen-bond donors (Lipinski definition) is 1. The zero-order valence-electron chi connectivity index (χ0n) is 29.2. The number of para-hydroxylation sites is 2. The number of benzene rings is 5. The van der Waals surface area contributed by atoms with E-state index in [2.05, 4.69) is 4.98 Å². The first-order valence-corrected chi connectivity index (χ1v) is 18.7. The average Bonchev–Trinajstić information content (AvgIpc) is 3.82. The van der Waals surface area contributed by atoms with E-state index < -0.39 is 46.8 Å². The minimum absolute atomic E-state index is 0.0109. The van der Waals surface area contributed by atoms with Gasteiger partial charge in [0.25, 0.3) is 0 Å². The molecule has 10 rings (SSSR count). The molecule has 0 radical (unpaired) electrons. The highest BCUT2D eigenvalue weighted by Crippen LogP contribution is 2.64. The fourth-order valence-electron chi connectivity index (χ4n) is 9.83. The summed E-state index contributed by atoms with van der Waals surface area (Å²) in [6.07, 6.45) is 2.46.